The minimum Gasteiger partial charge on any atom is -0.258 e. The molecule has 4 heteroatoms. The molecule has 0 radical (unpaired) electrons. The Morgan fingerprint density at radius 1 is 1.06 bits per heavy atom. The molecule has 2 aromatic carbocycles. The lowest BCUT2D eigenvalue weighted by atomic mass is 10.0. The van der Waals surface area contributed by atoms with Crippen molar-refractivity contribution >= 4 is 5.69 Å². The Labute approximate surface area is 97.9 Å². The van der Waals surface area contributed by atoms with E-state index in [0.717, 1.165) is 11.1 Å². The quantitative estimate of drug-likeness (QED) is 0.581. The van der Waals surface area contributed by atoms with Gasteiger partial charge in [0, 0.05) is 12.1 Å². The lowest BCUT2D eigenvalue weighted by molar-refractivity contribution is -0.384. The van der Waals surface area contributed by atoms with E-state index in [1.807, 2.05) is 6.07 Å². The number of non-ortho nitro benzene ring substituents is 1. The normalized spacial score (nSPS) is 9.59. The fourth-order valence-electron chi connectivity index (χ4n) is 1.54. The number of rotatable bonds is 2. The van der Waals surface area contributed by atoms with Gasteiger partial charge in [0.25, 0.3) is 5.69 Å². The standard InChI is InChI=1S/C13H8N2O2/c14-9-10-2-1-3-12(8-10)11-4-6-13(7-5-11)15(16)17/h1-8H. The first-order valence-corrected chi connectivity index (χ1v) is 4.96. The second-order valence-corrected chi connectivity index (χ2v) is 3.50. The van der Waals surface area contributed by atoms with Crippen LogP contribution in [0.25, 0.3) is 11.1 Å². The zero-order chi connectivity index (χ0) is 12.3. The van der Waals surface area contributed by atoms with Crippen LogP contribution in [0.5, 0.6) is 0 Å². The minimum atomic E-state index is -0.435. The largest absolute Gasteiger partial charge is 0.269 e. The third-order valence-corrected chi connectivity index (χ3v) is 2.40. The second-order valence-electron chi connectivity index (χ2n) is 3.50. The molecule has 0 atom stereocenters. The first-order chi connectivity index (χ1) is 8.20. The van der Waals surface area contributed by atoms with Gasteiger partial charge in [0.1, 0.15) is 0 Å². The minimum absolute atomic E-state index is 0.0604. The lowest BCUT2D eigenvalue weighted by Crippen LogP contribution is -1.87. The van der Waals surface area contributed by atoms with Crippen LogP contribution in [0.4, 0.5) is 5.69 Å². The number of nitrogens with zero attached hydrogens (tertiary/aromatic N) is 2. The summed E-state index contributed by atoms with van der Waals surface area (Å²) in [5, 5.41) is 19.3. The van der Waals surface area contributed by atoms with Crippen molar-refractivity contribution in [1.29, 1.82) is 5.26 Å². The van der Waals surface area contributed by atoms with Crippen LogP contribution in [0.1, 0.15) is 5.56 Å². The molecule has 0 aliphatic carbocycles. The zero-order valence-electron chi connectivity index (χ0n) is 8.83. The Hall–Kier alpha value is -2.67. The van der Waals surface area contributed by atoms with Crippen LogP contribution in [0.15, 0.2) is 48.5 Å². The number of benzene rings is 2. The van der Waals surface area contributed by atoms with E-state index in [1.165, 1.54) is 12.1 Å². The van der Waals surface area contributed by atoms with E-state index in [9.17, 15) is 10.1 Å². The average Bonchev–Trinajstić information content (AvgIpc) is 2.39. The van der Waals surface area contributed by atoms with E-state index < -0.39 is 4.92 Å². The Bertz CT molecular complexity index is 598. The van der Waals surface area contributed by atoms with Gasteiger partial charge in [-0.2, -0.15) is 5.26 Å². The maximum atomic E-state index is 10.5. The summed E-state index contributed by atoms with van der Waals surface area (Å²) in [4.78, 5) is 10.1. The number of nitriles is 1. The summed E-state index contributed by atoms with van der Waals surface area (Å²) in [6.45, 7) is 0. The van der Waals surface area contributed by atoms with Crippen molar-refractivity contribution in [2.45, 2.75) is 0 Å². The smallest absolute Gasteiger partial charge is 0.258 e. The van der Waals surface area contributed by atoms with Crippen LogP contribution in [-0.4, -0.2) is 4.92 Å². The van der Waals surface area contributed by atoms with Crippen molar-refractivity contribution in [3.05, 3.63) is 64.2 Å². The fourth-order valence-corrected chi connectivity index (χ4v) is 1.54. The summed E-state index contributed by atoms with van der Waals surface area (Å²) < 4.78 is 0. The molecule has 17 heavy (non-hydrogen) atoms. The Balaban J connectivity index is 2.40. The average molecular weight is 224 g/mol. The number of nitro groups is 1. The fraction of sp³-hybridized carbons (Fsp3) is 0. The molecule has 2 rings (SSSR count). The molecule has 0 aromatic heterocycles. The van der Waals surface area contributed by atoms with Gasteiger partial charge in [-0.25, -0.2) is 0 Å². The van der Waals surface area contributed by atoms with Crippen LogP contribution in [0.2, 0.25) is 0 Å². The van der Waals surface area contributed by atoms with Gasteiger partial charge in [0.2, 0.25) is 0 Å². The third-order valence-electron chi connectivity index (χ3n) is 2.40. The number of nitro benzene ring substituents is 1. The molecule has 2 aromatic rings. The maximum absolute atomic E-state index is 10.5. The van der Waals surface area contributed by atoms with E-state index in [-0.39, 0.29) is 5.69 Å². The van der Waals surface area contributed by atoms with E-state index >= 15 is 0 Å². The van der Waals surface area contributed by atoms with Crippen molar-refractivity contribution in [3.8, 4) is 17.2 Å². The molecular weight excluding hydrogens is 216 g/mol. The van der Waals surface area contributed by atoms with Gasteiger partial charge in [-0.05, 0) is 35.4 Å². The molecule has 0 bridgehead atoms. The highest BCUT2D eigenvalue weighted by Crippen LogP contribution is 2.22. The molecular formula is C13H8N2O2. The summed E-state index contributed by atoms with van der Waals surface area (Å²) in [6, 6.07) is 15.4. The number of hydrogen-bond donors (Lipinski definition) is 0. The molecule has 0 aliphatic rings. The zero-order valence-corrected chi connectivity index (χ0v) is 8.83. The van der Waals surface area contributed by atoms with Gasteiger partial charge in [-0.15, -0.1) is 0 Å². The predicted octanol–water partition coefficient (Wildman–Crippen LogP) is 3.13. The molecule has 0 saturated carbocycles. The highest BCUT2D eigenvalue weighted by molar-refractivity contribution is 5.66. The highest BCUT2D eigenvalue weighted by Gasteiger charge is 2.05. The highest BCUT2D eigenvalue weighted by atomic mass is 16.6. The van der Waals surface area contributed by atoms with Crippen LogP contribution in [0, 0.1) is 21.4 Å². The molecule has 0 amide bonds. The van der Waals surface area contributed by atoms with Crippen LogP contribution >= 0.6 is 0 Å². The summed E-state index contributed by atoms with van der Waals surface area (Å²) in [5.74, 6) is 0. The summed E-state index contributed by atoms with van der Waals surface area (Å²) in [6.07, 6.45) is 0. The van der Waals surface area contributed by atoms with Gasteiger partial charge in [-0.1, -0.05) is 12.1 Å². The van der Waals surface area contributed by atoms with E-state index in [4.69, 9.17) is 5.26 Å². The van der Waals surface area contributed by atoms with E-state index in [2.05, 4.69) is 6.07 Å². The SMILES string of the molecule is N#Cc1cccc(-c2ccc([N+](=O)[O-])cc2)c1. The van der Waals surface area contributed by atoms with Crippen molar-refractivity contribution in [2.75, 3.05) is 0 Å². The first kappa shape index (κ1) is 10.8. The molecule has 0 unspecified atom stereocenters. The van der Waals surface area contributed by atoms with Crippen LogP contribution < -0.4 is 0 Å². The van der Waals surface area contributed by atoms with Gasteiger partial charge >= 0.3 is 0 Å². The Morgan fingerprint density at radius 2 is 1.76 bits per heavy atom. The van der Waals surface area contributed by atoms with Gasteiger partial charge in [-0.3, -0.25) is 10.1 Å². The predicted molar refractivity (Wildman–Crippen MR) is 63.2 cm³/mol. The molecule has 0 fully saturated rings. The summed E-state index contributed by atoms with van der Waals surface area (Å²) in [7, 11) is 0. The van der Waals surface area contributed by atoms with Gasteiger partial charge in [0.15, 0.2) is 0 Å². The molecule has 0 N–H and O–H groups in total. The second kappa shape index (κ2) is 4.45. The molecule has 4 nitrogen and oxygen atoms in total. The molecule has 0 aliphatic heterocycles. The van der Waals surface area contributed by atoms with Crippen LogP contribution in [-0.2, 0) is 0 Å². The van der Waals surface area contributed by atoms with Gasteiger partial charge < -0.3 is 0 Å². The van der Waals surface area contributed by atoms with E-state index in [0.29, 0.717) is 5.56 Å². The van der Waals surface area contributed by atoms with Crippen molar-refractivity contribution < 1.29 is 4.92 Å². The van der Waals surface area contributed by atoms with Crippen molar-refractivity contribution in [1.82, 2.24) is 0 Å². The first-order valence-electron chi connectivity index (χ1n) is 4.96. The number of hydrogen-bond acceptors (Lipinski definition) is 3. The molecule has 0 heterocycles. The summed E-state index contributed by atoms with van der Waals surface area (Å²) >= 11 is 0. The molecule has 82 valence electrons. The Kier molecular flexibility index (Phi) is 2.84. The van der Waals surface area contributed by atoms with Gasteiger partial charge in [0.05, 0.1) is 16.6 Å². The van der Waals surface area contributed by atoms with Crippen molar-refractivity contribution in [2.24, 2.45) is 0 Å². The topological polar surface area (TPSA) is 66.9 Å². The Morgan fingerprint density at radius 3 is 2.35 bits per heavy atom. The van der Waals surface area contributed by atoms with E-state index in [1.54, 1.807) is 30.3 Å². The lowest BCUT2D eigenvalue weighted by Gasteiger charge is -2.01. The summed E-state index contributed by atoms with van der Waals surface area (Å²) in [5.41, 5.74) is 2.36. The monoisotopic (exact) mass is 224 g/mol. The molecule has 0 saturated heterocycles. The van der Waals surface area contributed by atoms with Crippen LogP contribution in [0.3, 0.4) is 0 Å². The third kappa shape index (κ3) is 2.29. The maximum Gasteiger partial charge on any atom is 0.269 e. The van der Waals surface area contributed by atoms with Crippen molar-refractivity contribution in [3.63, 3.8) is 0 Å². The molecule has 0 spiro atoms.